The van der Waals surface area contributed by atoms with Crippen LogP contribution in [-0.2, 0) is 6.54 Å². The van der Waals surface area contributed by atoms with Crippen LogP contribution < -0.4 is 5.73 Å². The lowest BCUT2D eigenvalue weighted by molar-refractivity contribution is 0.436. The Kier molecular flexibility index (Phi) is 4.60. The monoisotopic (exact) mass is 294 g/mol. The van der Waals surface area contributed by atoms with E-state index in [1.807, 2.05) is 12.1 Å². The van der Waals surface area contributed by atoms with Crippen LogP contribution in [0.15, 0.2) is 33.7 Å². The minimum Gasteiger partial charge on any atom is -0.387 e. The van der Waals surface area contributed by atoms with E-state index >= 15 is 0 Å². The maximum atomic E-state index is 6.07. The molecular formula is C14H19BrN2. The van der Waals surface area contributed by atoms with Gasteiger partial charge >= 0.3 is 0 Å². The van der Waals surface area contributed by atoms with Gasteiger partial charge in [-0.3, -0.25) is 4.99 Å². The van der Waals surface area contributed by atoms with Gasteiger partial charge in [0.05, 0.1) is 12.4 Å². The lowest BCUT2D eigenvalue weighted by Gasteiger charge is -2.20. The summed E-state index contributed by atoms with van der Waals surface area (Å²) < 4.78 is 1.10. The van der Waals surface area contributed by atoms with Gasteiger partial charge in [0.2, 0.25) is 0 Å². The molecule has 2 N–H and O–H groups in total. The third kappa shape index (κ3) is 3.84. The average Bonchev–Trinajstić information content (AvgIpc) is 2.37. The van der Waals surface area contributed by atoms with E-state index < -0.39 is 0 Å². The van der Waals surface area contributed by atoms with Crippen molar-refractivity contribution in [3.8, 4) is 0 Å². The number of aliphatic imine (C=N–C) groups is 1. The summed E-state index contributed by atoms with van der Waals surface area (Å²) in [7, 11) is 0. The fraction of sp³-hybridized carbons (Fsp3) is 0.500. The lowest BCUT2D eigenvalue weighted by Crippen LogP contribution is -2.25. The summed E-state index contributed by atoms with van der Waals surface area (Å²) in [6.45, 7) is 0.696. The molecule has 2 nitrogen and oxygen atoms in total. The number of amidine groups is 1. The van der Waals surface area contributed by atoms with Crippen LogP contribution in [0.2, 0.25) is 0 Å². The first-order valence-corrected chi connectivity index (χ1v) is 7.09. The van der Waals surface area contributed by atoms with Crippen LogP contribution in [0.4, 0.5) is 0 Å². The van der Waals surface area contributed by atoms with E-state index in [4.69, 9.17) is 5.73 Å². The highest BCUT2D eigenvalue weighted by atomic mass is 79.9. The van der Waals surface area contributed by atoms with Crippen LogP contribution in [0.3, 0.4) is 0 Å². The molecule has 0 aliphatic heterocycles. The minimum atomic E-state index is 0.524. The van der Waals surface area contributed by atoms with Gasteiger partial charge in [-0.05, 0) is 30.5 Å². The average molecular weight is 295 g/mol. The number of hydrogen-bond donors (Lipinski definition) is 1. The van der Waals surface area contributed by atoms with Gasteiger partial charge < -0.3 is 5.73 Å². The fourth-order valence-corrected chi connectivity index (χ4v) is 2.79. The Hall–Kier alpha value is -0.830. The van der Waals surface area contributed by atoms with Crippen molar-refractivity contribution in [3.63, 3.8) is 0 Å². The van der Waals surface area contributed by atoms with Gasteiger partial charge in [-0.1, -0.05) is 47.3 Å². The molecule has 0 spiro atoms. The van der Waals surface area contributed by atoms with E-state index in [2.05, 4.69) is 33.1 Å². The molecule has 2 rings (SSSR count). The number of benzene rings is 1. The number of nitrogens with two attached hydrogens (primary N) is 1. The molecule has 0 atom stereocenters. The van der Waals surface area contributed by atoms with Gasteiger partial charge in [-0.25, -0.2) is 0 Å². The zero-order chi connectivity index (χ0) is 12.1. The Bertz CT molecular complexity index is 395. The first kappa shape index (κ1) is 12.6. The molecule has 0 radical (unpaired) electrons. The van der Waals surface area contributed by atoms with E-state index in [0.717, 1.165) is 10.3 Å². The third-order valence-corrected chi connectivity index (χ3v) is 3.85. The van der Waals surface area contributed by atoms with E-state index in [1.165, 1.54) is 37.7 Å². The molecule has 17 heavy (non-hydrogen) atoms. The van der Waals surface area contributed by atoms with Gasteiger partial charge in [-0.2, -0.15) is 0 Å². The summed E-state index contributed by atoms with van der Waals surface area (Å²) in [4.78, 5) is 4.53. The van der Waals surface area contributed by atoms with Crippen LogP contribution in [0.25, 0.3) is 0 Å². The van der Waals surface area contributed by atoms with Crippen molar-refractivity contribution in [2.75, 3.05) is 0 Å². The molecule has 92 valence electrons. The van der Waals surface area contributed by atoms with Gasteiger partial charge in [-0.15, -0.1) is 0 Å². The van der Waals surface area contributed by atoms with Crippen LogP contribution in [0.5, 0.6) is 0 Å². The quantitative estimate of drug-likeness (QED) is 0.667. The normalized spacial score (nSPS) is 18.3. The molecule has 1 aliphatic rings. The second-order valence-electron chi connectivity index (χ2n) is 4.71. The lowest BCUT2D eigenvalue weighted by atomic mass is 9.88. The van der Waals surface area contributed by atoms with Crippen LogP contribution >= 0.6 is 15.9 Å². The van der Waals surface area contributed by atoms with Crippen LogP contribution in [0.1, 0.15) is 37.7 Å². The summed E-state index contributed by atoms with van der Waals surface area (Å²) in [6.07, 6.45) is 6.40. The van der Waals surface area contributed by atoms with Crippen molar-refractivity contribution >= 4 is 21.8 Å². The summed E-state index contributed by atoms with van der Waals surface area (Å²) in [6, 6.07) is 8.24. The standard InChI is InChI=1S/C14H19BrN2/c15-13-8-4-5-11(9-13)10-17-14(16)12-6-2-1-3-7-12/h4-5,8-9,12H,1-3,6-7,10H2,(H2,16,17). The molecule has 0 amide bonds. The highest BCUT2D eigenvalue weighted by Gasteiger charge is 2.16. The summed E-state index contributed by atoms with van der Waals surface area (Å²) >= 11 is 3.47. The molecule has 0 heterocycles. The maximum Gasteiger partial charge on any atom is 0.0972 e. The summed E-state index contributed by atoms with van der Waals surface area (Å²) in [5.74, 6) is 1.38. The fourth-order valence-electron chi connectivity index (χ4n) is 2.35. The summed E-state index contributed by atoms with van der Waals surface area (Å²) in [5.41, 5.74) is 7.28. The van der Waals surface area contributed by atoms with Gasteiger partial charge in [0.15, 0.2) is 0 Å². The van der Waals surface area contributed by atoms with Gasteiger partial charge in [0.25, 0.3) is 0 Å². The molecule has 1 aliphatic carbocycles. The Morgan fingerprint density at radius 2 is 2.06 bits per heavy atom. The molecule has 3 heteroatoms. The van der Waals surface area contributed by atoms with Crippen molar-refractivity contribution in [1.82, 2.24) is 0 Å². The Labute approximate surface area is 111 Å². The van der Waals surface area contributed by atoms with E-state index in [-0.39, 0.29) is 0 Å². The summed E-state index contributed by atoms with van der Waals surface area (Å²) in [5, 5.41) is 0. The molecule has 0 bridgehead atoms. The van der Waals surface area contributed by atoms with E-state index in [9.17, 15) is 0 Å². The van der Waals surface area contributed by atoms with E-state index in [0.29, 0.717) is 12.5 Å². The second kappa shape index (κ2) is 6.20. The second-order valence-corrected chi connectivity index (χ2v) is 5.62. The van der Waals surface area contributed by atoms with Crippen molar-refractivity contribution in [3.05, 3.63) is 34.3 Å². The van der Waals surface area contributed by atoms with Crippen LogP contribution in [0, 0.1) is 5.92 Å². The smallest absolute Gasteiger partial charge is 0.0972 e. The Balaban J connectivity index is 1.95. The molecule has 1 saturated carbocycles. The zero-order valence-corrected chi connectivity index (χ0v) is 11.6. The minimum absolute atomic E-state index is 0.524. The zero-order valence-electron chi connectivity index (χ0n) is 10.0. The highest BCUT2D eigenvalue weighted by Crippen LogP contribution is 2.23. The predicted octanol–water partition coefficient (Wildman–Crippen LogP) is 3.89. The molecular weight excluding hydrogens is 276 g/mol. The van der Waals surface area contributed by atoms with Crippen LogP contribution in [-0.4, -0.2) is 5.84 Å². The number of rotatable bonds is 3. The Morgan fingerprint density at radius 1 is 1.29 bits per heavy atom. The predicted molar refractivity (Wildman–Crippen MR) is 76.0 cm³/mol. The van der Waals surface area contributed by atoms with Crippen molar-refractivity contribution in [2.24, 2.45) is 16.6 Å². The number of hydrogen-bond acceptors (Lipinski definition) is 1. The van der Waals surface area contributed by atoms with Gasteiger partial charge in [0.1, 0.15) is 0 Å². The maximum absolute atomic E-state index is 6.07. The topological polar surface area (TPSA) is 38.4 Å². The highest BCUT2D eigenvalue weighted by molar-refractivity contribution is 9.10. The van der Waals surface area contributed by atoms with E-state index in [1.54, 1.807) is 0 Å². The SMILES string of the molecule is NC(=NCc1cccc(Br)c1)C1CCCCC1. The molecule has 1 aromatic rings. The molecule has 0 aromatic heterocycles. The third-order valence-electron chi connectivity index (χ3n) is 3.36. The van der Waals surface area contributed by atoms with Crippen molar-refractivity contribution in [1.29, 1.82) is 0 Å². The first-order valence-electron chi connectivity index (χ1n) is 6.30. The Morgan fingerprint density at radius 3 is 2.76 bits per heavy atom. The largest absolute Gasteiger partial charge is 0.387 e. The van der Waals surface area contributed by atoms with Crippen molar-refractivity contribution < 1.29 is 0 Å². The molecule has 1 fully saturated rings. The van der Waals surface area contributed by atoms with Gasteiger partial charge in [0, 0.05) is 10.4 Å². The first-order chi connectivity index (χ1) is 8.25. The number of halogens is 1. The molecule has 0 saturated heterocycles. The molecule has 0 unspecified atom stereocenters. The van der Waals surface area contributed by atoms with Crippen molar-refractivity contribution in [2.45, 2.75) is 38.6 Å². The number of nitrogens with zero attached hydrogens (tertiary/aromatic N) is 1. The molecule has 1 aromatic carbocycles.